The molecule has 0 aliphatic carbocycles. The molecule has 0 spiro atoms. The molecule has 0 aliphatic rings. The summed E-state index contributed by atoms with van der Waals surface area (Å²) in [4.78, 5) is 24.7. The van der Waals surface area contributed by atoms with Gasteiger partial charge in [0.25, 0.3) is 0 Å². The zero-order valence-electron chi connectivity index (χ0n) is 15.1. The highest BCUT2D eigenvalue weighted by molar-refractivity contribution is 7.85. The number of benzene rings is 2. The summed E-state index contributed by atoms with van der Waals surface area (Å²) < 4.78 is 22.4. The monoisotopic (exact) mass is 389 g/mol. The molecular formula is C20H23NO5S. The lowest BCUT2D eigenvalue weighted by molar-refractivity contribution is -0.145. The van der Waals surface area contributed by atoms with Gasteiger partial charge >= 0.3 is 5.97 Å². The highest BCUT2D eigenvalue weighted by atomic mass is 32.2. The van der Waals surface area contributed by atoms with Crippen LogP contribution in [0.25, 0.3) is 0 Å². The van der Waals surface area contributed by atoms with Crippen molar-refractivity contribution in [3.8, 4) is 0 Å². The van der Waals surface area contributed by atoms with Crippen LogP contribution in [0.5, 0.6) is 0 Å². The Balaban J connectivity index is 1.81. The largest absolute Gasteiger partial charge is 0.467 e. The summed E-state index contributed by atoms with van der Waals surface area (Å²) in [6.07, 6.45) is 0.207. The Kier molecular flexibility index (Phi) is 8.67. The van der Waals surface area contributed by atoms with Gasteiger partial charge < -0.3 is 14.8 Å². The van der Waals surface area contributed by atoms with E-state index in [2.05, 4.69) is 5.32 Å². The molecule has 0 unspecified atom stereocenters. The second kappa shape index (κ2) is 11.3. The number of methoxy groups -OCH3 is 1. The Morgan fingerprint density at radius 1 is 1.04 bits per heavy atom. The van der Waals surface area contributed by atoms with E-state index < -0.39 is 28.7 Å². The van der Waals surface area contributed by atoms with Crippen LogP contribution in [0.4, 0.5) is 0 Å². The van der Waals surface area contributed by atoms with Gasteiger partial charge in [0, 0.05) is 10.6 Å². The number of nitrogens with one attached hydrogen (secondary N) is 1. The number of rotatable bonds is 10. The third kappa shape index (κ3) is 7.32. The lowest BCUT2D eigenvalue weighted by Gasteiger charge is -2.16. The van der Waals surface area contributed by atoms with Gasteiger partial charge in [-0.2, -0.15) is 0 Å². The number of esters is 1. The third-order valence-electron chi connectivity index (χ3n) is 3.76. The van der Waals surface area contributed by atoms with Gasteiger partial charge in [0.15, 0.2) is 0 Å². The predicted molar refractivity (Wildman–Crippen MR) is 102 cm³/mol. The first-order valence-corrected chi connectivity index (χ1v) is 9.84. The van der Waals surface area contributed by atoms with Crippen LogP contribution in [0.1, 0.15) is 12.0 Å². The van der Waals surface area contributed by atoms with Crippen LogP contribution < -0.4 is 5.32 Å². The second-order valence-electron chi connectivity index (χ2n) is 5.77. The molecule has 144 valence electrons. The maximum atomic E-state index is 12.3. The fraction of sp³-hybridized carbons (Fsp3) is 0.300. The van der Waals surface area contributed by atoms with Gasteiger partial charge in [0.05, 0.1) is 24.5 Å². The first-order chi connectivity index (χ1) is 13.1. The molecule has 0 bridgehead atoms. The van der Waals surface area contributed by atoms with Crippen molar-refractivity contribution >= 4 is 22.7 Å². The van der Waals surface area contributed by atoms with Crippen LogP contribution in [-0.2, 0) is 36.5 Å². The SMILES string of the molecule is COC(=O)[C@@H](CC[S@](=O)c1ccccc1)NC(=O)COCc1ccccc1. The highest BCUT2D eigenvalue weighted by Gasteiger charge is 2.22. The average Bonchev–Trinajstić information content (AvgIpc) is 2.71. The molecule has 6 nitrogen and oxygen atoms in total. The Hall–Kier alpha value is -2.51. The molecule has 7 heteroatoms. The summed E-state index contributed by atoms with van der Waals surface area (Å²) in [6.45, 7) is 0.124. The maximum Gasteiger partial charge on any atom is 0.328 e. The Labute approximate surface area is 161 Å². The number of carbonyl (C=O) groups is 2. The molecule has 1 amide bonds. The summed E-state index contributed by atoms with van der Waals surface area (Å²) in [5, 5.41) is 2.59. The van der Waals surface area contributed by atoms with Crippen LogP contribution in [-0.4, -0.2) is 41.6 Å². The van der Waals surface area contributed by atoms with Gasteiger partial charge in [-0.25, -0.2) is 4.79 Å². The number of ether oxygens (including phenoxy) is 2. The average molecular weight is 389 g/mol. The van der Waals surface area contributed by atoms with E-state index in [-0.39, 0.29) is 18.8 Å². The number of amides is 1. The molecule has 0 heterocycles. The maximum absolute atomic E-state index is 12.3. The molecule has 27 heavy (non-hydrogen) atoms. The molecule has 2 aromatic carbocycles. The van der Waals surface area contributed by atoms with Crippen molar-refractivity contribution in [2.24, 2.45) is 0 Å². The van der Waals surface area contributed by atoms with Gasteiger partial charge in [-0.05, 0) is 24.1 Å². The zero-order chi connectivity index (χ0) is 19.5. The molecule has 0 aliphatic heterocycles. The summed E-state index contributed by atoms with van der Waals surface area (Å²) in [7, 11) is -0.00640. The smallest absolute Gasteiger partial charge is 0.328 e. The van der Waals surface area contributed by atoms with Crippen LogP contribution >= 0.6 is 0 Å². The summed E-state index contributed by atoms with van der Waals surface area (Å²) in [5.74, 6) is -0.766. The number of carbonyl (C=O) groups excluding carboxylic acids is 2. The first-order valence-electron chi connectivity index (χ1n) is 8.52. The predicted octanol–water partition coefficient (Wildman–Crippen LogP) is 2.06. The Morgan fingerprint density at radius 2 is 1.67 bits per heavy atom. The van der Waals surface area contributed by atoms with E-state index in [0.717, 1.165) is 5.56 Å². The van der Waals surface area contributed by atoms with E-state index in [1.54, 1.807) is 24.3 Å². The highest BCUT2D eigenvalue weighted by Crippen LogP contribution is 2.08. The van der Waals surface area contributed by atoms with Crippen molar-refractivity contribution in [2.45, 2.75) is 24.0 Å². The molecule has 0 radical (unpaired) electrons. The van der Waals surface area contributed by atoms with Crippen molar-refractivity contribution < 1.29 is 23.3 Å². The minimum atomic E-state index is -1.26. The van der Waals surface area contributed by atoms with E-state index in [9.17, 15) is 13.8 Å². The minimum absolute atomic E-state index is 0.176. The second-order valence-corrected chi connectivity index (χ2v) is 7.34. The van der Waals surface area contributed by atoms with Crippen molar-refractivity contribution in [1.82, 2.24) is 5.32 Å². The normalized spacial score (nSPS) is 12.8. The van der Waals surface area contributed by atoms with Crippen molar-refractivity contribution in [2.75, 3.05) is 19.5 Å². The lowest BCUT2D eigenvalue weighted by atomic mass is 10.2. The number of hydrogen-bond donors (Lipinski definition) is 1. The van der Waals surface area contributed by atoms with E-state index in [1.807, 2.05) is 36.4 Å². The van der Waals surface area contributed by atoms with Gasteiger partial charge in [0.2, 0.25) is 5.91 Å². The Morgan fingerprint density at radius 3 is 2.30 bits per heavy atom. The molecular weight excluding hydrogens is 366 g/mol. The third-order valence-corrected chi connectivity index (χ3v) is 5.17. The fourth-order valence-electron chi connectivity index (χ4n) is 2.38. The lowest BCUT2D eigenvalue weighted by Crippen LogP contribution is -2.43. The topological polar surface area (TPSA) is 81.7 Å². The number of hydrogen-bond acceptors (Lipinski definition) is 5. The summed E-state index contributed by atoms with van der Waals surface area (Å²) >= 11 is 0. The van der Waals surface area contributed by atoms with E-state index in [4.69, 9.17) is 9.47 Å². The van der Waals surface area contributed by atoms with Crippen molar-refractivity contribution in [3.63, 3.8) is 0 Å². The Bertz CT molecular complexity index is 751. The van der Waals surface area contributed by atoms with E-state index >= 15 is 0 Å². The molecule has 1 N–H and O–H groups in total. The zero-order valence-corrected chi connectivity index (χ0v) is 15.9. The first kappa shape index (κ1) is 20.8. The van der Waals surface area contributed by atoms with Gasteiger partial charge in [-0.3, -0.25) is 9.00 Å². The standard InChI is InChI=1S/C20H23NO5S/c1-25-20(23)18(12-13-27(24)17-10-6-3-7-11-17)21-19(22)15-26-14-16-8-4-2-5-9-16/h2-11,18H,12-15H2,1H3,(H,21,22)/t18-,27+/m1/s1. The molecule has 0 saturated carbocycles. The van der Waals surface area contributed by atoms with Crippen LogP contribution in [0.15, 0.2) is 65.6 Å². The molecule has 0 fully saturated rings. The van der Waals surface area contributed by atoms with Crippen LogP contribution in [0.2, 0.25) is 0 Å². The molecule has 2 rings (SSSR count). The minimum Gasteiger partial charge on any atom is -0.467 e. The summed E-state index contributed by atoms with van der Waals surface area (Å²) in [6, 6.07) is 17.6. The fourth-order valence-corrected chi connectivity index (χ4v) is 3.52. The van der Waals surface area contributed by atoms with Crippen LogP contribution in [0.3, 0.4) is 0 Å². The van der Waals surface area contributed by atoms with Gasteiger partial charge in [-0.1, -0.05) is 48.5 Å². The quantitative estimate of drug-likeness (QED) is 0.629. The van der Waals surface area contributed by atoms with Crippen molar-refractivity contribution in [1.29, 1.82) is 0 Å². The van der Waals surface area contributed by atoms with Crippen molar-refractivity contribution in [3.05, 3.63) is 66.2 Å². The van der Waals surface area contributed by atoms with Gasteiger partial charge in [0.1, 0.15) is 12.6 Å². The van der Waals surface area contributed by atoms with Gasteiger partial charge in [-0.15, -0.1) is 0 Å². The molecule has 2 atom stereocenters. The summed E-state index contributed by atoms with van der Waals surface area (Å²) in [5.41, 5.74) is 0.952. The van der Waals surface area contributed by atoms with E-state index in [1.165, 1.54) is 7.11 Å². The molecule has 2 aromatic rings. The van der Waals surface area contributed by atoms with Crippen LogP contribution in [0, 0.1) is 0 Å². The molecule has 0 aromatic heterocycles. The molecule has 0 saturated heterocycles. The van der Waals surface area contributed by atoms with E-state index in [0.29, 0.717) is 11.5 Å².